The number of anilines is 1. The molecule has 21 heavy (non-hydrogen) atoms. The van der Waals surface area contributed by atoms with Gasteiger partial charge < -0.3 is 19.5 Å². The molecule has 1 aliphatic rings. The van der Waals surface area contributed by atoms with Gasteiger partial charge in [-0.15, -0.1) is 11.3 Å². The first-order chi connectivity index (χ1) is 10.2. The third-order valence-electron chi connectivity index (χ3n) is 3.33. The van der Waals surface area contributed by atoms with Gasteiger partial charge in [0, 0.05) is 25.5 Å². The van der Waals surface area contributed by atoms with E-state index >= 15 is 0 Å². The van der Waals surface area contributed by atoms with E-state index in [1.807, 2.05) is 0 Å². The number of ether oxygens (including phenoxy) is 3. The molecule has 0 spiro atoms. The Morgan fingerprint density at radius 1 is 1.52 bits per heavy atom. The molecule has 1 heterocycles. The van der Waals surface area contributed by atoms with Crippen molar-refractivity contribution in [2.45, 2.75) is 25.4 Å². The van der Waals surface area contributed by atoms with Gasteiger partial charge in [0.05, 0.1) is 12.2 Å². The third kappa shape index (κ3) is 3.65. The predicted molar refractivity (Wildman–Crippen MR) is 78.7 cm³/mol. The van der Waals surface area contributed by atoms with Crippen molar-refractivity contribution in [3.8, 4) is 6.07 Å². The number of thiophene rings is 1. The molecule has 7 heteroatoms. The van der Waals surface area contributed by atoms with E-state index in [0.717, 1.165) is 27.4 Å². The molecule has 0 aliphatic heterocycles. The van der Waals surface area contributed by atoms with Crippen molar-refractivity contribution >= 4 is 22.5 Å². The quantitative estimate of drug-likeness (QED) is 0.664. The van der Waals surface area contributed by atoms with Crippen molar-refractivity contribution in [3.63, 3.8) is 0 Å². The molecule has 1 aliphatic carbocycles. The van der Waals surface area contributed by atoms with Gasteiger partial charge in [0.2, 0.25) is 0 Å². The van der Waals surface area contributed by atoms with Crippen LogP contribution in [0.5, 0.6) is 0 Å². The summed E-state index contributed by atoms with van der Waals surface area (Å²) in [5.74, 6) is 0. The minimum Gasteiger partial charge on any atom is -0.432 e. The lowest BCUT2D eigenvalue weighted by Gasteiger charge is -2.21. The molecule has 1 aromatic rings. The van der Waals surface area contributed by atoms with Crippen LogP contribution in [-0.4, -0.2) is 39.6 Å². The third-order valence-corrected chi connectivity index (χ3v) is 4.60. The molecule has 6 nitrogen and oxygen atoms in total. The minimum atomic E-state index is -0.661. The van der Waals surface area contributed by atoms with Gasteiger partial charge in [0.25, 0.3) is 0 Å². The SMILES string of the molecule is CNc1sc2c(c1C#N)CCC(OC(=O)OCCOC)C2. The molecule has 1 aromatic heterocycles. The summed E-state index contributed by atoms with van der Waals surface area (Å²) in [6.45, 7) is 0.542. The fourth-order valence-corrected chi connectivity index (χ4v) is 3.54. The molecule has 1 unspecified atom stereocenters. The van der Waals surface area contributed by atoms with Crippen molar-refractivity contribution in [2.75, 3.05) is 32.7 Å². The molecular formula is C14H18N2O4S. The Bertz CT molecular complexity index is 550. The van der Waals surface area contributed by atoms with Gasteiger partial charge in [0.15, 0.2) is 0 Å². The van der Waals surface area contributed by atoms with E-state index in [-0.39, 0.29) is 12.7 Å². The molecule has 1 atom stereocenters. The van der Waals surface area contributed by atoms with E-state index < -0.39 is 6.16 Å². The number of carbonyl (C=O) groups is 1. The molecule has 0 radical (unpaired) electrons. The largest absolute Gasteiger partial charge is 0.508 e. The van der Waals surface area contributed by atoms with Gasteiger partial charge in [0.1, 0.15) is 23.8 Å². The normalized spacial score (nSPS) is 16.7. The number of fused-ring (bicyclic) bond motifs is 1. The highest BCUT2D eigenvalue weighted by atomic mass is 32.1. The molecule has 0 saturated carbocycles. The highest BCUT2D eigenvalue weighted by Gasteiger charge is 2.28. The molecular weight excluding hydrogens is 292 g/mol. The lowest BCUT2D eigenvalue weighted by molar-refractivity contribution is 0.00791. The molecule has 2 rings (SSSR count). The Morgan fingerprint density at radius 3 is 3.00 bits per heavy atom. The molecule has 1 N–H and O–H groups in total. The first kappa shape index (κ1) is 15.6. The second-order valence-corrected chi connectivity index (χ2v) is 5.75. The van der Waals surface area contributed by atoms with Crippen molar-refractivity contribution in [2.24, 2.45) is 0 Å². The molecule has 0 aromatic carbocycles. The van der Waals surface area contributed by atoms with Crippen LogP contribution in [0.3, 0.4) is 0 Å². The van der Waals surface area contributed by atoms with E-state index in [1.165, 1.54) is 0 Å². The van der Waals surface area contributed by atoms with Crippen LogP contribution in [0.15, 0.2) is 0 Å². The zero-order valence-electron chi connectivity index (χ0n) is 12.1. The summed E-state index contributed by atoms with van der Waals surface area (Å²) in [6, 6.07) is 2.25. The highest BCUT2D eigenvalue weighted by Crippen LogP contribution is 2.38. The Hall–Kier alpha value is -1.78. The van der Waals surface area contributed by atoms with Crippen LogP contribution in [0.1, 0.15) is 22.4 Å². The highest BCUT2D eigenvalue weighted by molar-refractivity contribution is 7.16. The first-order valence-electron chi connectivity index (χ1n) is 6.74. The Labute approximate surface area is 127 Å². The van der Waals surface area contributed by atoms with Crippen molar-refractivity contribution < 1.29 is 19.0 Å². The summed E-state index contributed by atoms with van der Waals surface area (Å²) in [6.07, 6.45) is 1.23. The second-order valence-electron chi connectivity index (χ2n) is 4.64. The summed E-state index contributed by atoms with van der Waals surface area (Å²) in [5.41, 5.74) is 1.80. The van der Waals surface area contributed by atoms with Gasteiger partial charge in [-0.25, -0.2) is 4.79 Å². The topological polar surface area (TPSA) is 80.6 Å². The average molecular weight is 310 g/mol. The summed E-state index contributed by atoms with van der Waals surface area (Å²) < 4.78 is 15.0. The molecule has 0 bridgehead atoms. The standard InChI is InChI=1S/C14H18N2O4S/c1-16-13-11(8-15)10-4-3-9(7-12(10)21-13)20-14(17)19-6-5-18-2/h9,16H,3-7H2,1-2H3. The van der Waals surface area contributed by atoms with Crippen LogP contribution in [0.4, 0.5) is 9.80 Å². The number of carbonyl (C=O) groups excluding carboxylic acids is 1. The fourth-order valence-electron chi connectivity index (χ4n) is 2.33. The number of rotatable bonds is 5. The first-order valence-corrected chi connectivity index (χ1v) is 7.56. The summed E-state index contributed by atoms with van der Waals surface area (Å²) >= 11 is 1.55. The van der Waals surface area contributed by atoms with Gasteiger partial charge >= 0.3 is 6.16 Å². The van der Waals surface area contributed by atoms with Gasteiger partial charge in [-0.05, 0) is 18.4 Å². The molecule has 114 valence electrons. The molecule has 0 amide bonds. The lowest BCUT2D eigenvalue weighted by Crippen LogP contribution is -2.25. The zero-order valence-corrected chi connectivity index (χ0v) is 12.9. The van der Waals surface area contributed by atoms with Gasteiger partial charge in [-0.1, -0.05) is 0 Å². The zero-order chi connectivity index (χ0) is 15.2. The smallest absolute Gasteiger partial charge is 0.432 e. The monoisotopic (exact) mass is 310 g/mol. The van der Waals surface area contributed by atoms with Gasteiger partial charge in [-0.3, -0.25) is 0 Å². The van der Waals surface area contributed by atoms with E-state index in [9.17, 15) is 10.1 Å². The van der Waals surface area contributed by atoms with Crippen molar-refractivity contribution in [1.82, 2.24) is 0 Å². The van der Waals surface area contributed by atoms with E-state index in [2.05, 4.69) is 11.4 Å². The predicted octanol–water partition coefficient (Wildman–Crippen LogP) is 2.32. The summed E-state index contributed by atoms with van der Waals surface area (Å²) in [7, 11) is 3.35. The van der Waals surface area contributed by atoms with Crippen LogP contribution >= 0.6 is 11.3 Å². The number of hydrogen-bond acceptors (Lipinski definition) is 7. The number of hydrogen-bond donors (Lipinski definition) is 1. The van der Waals surface area contributed by atoms with E-state index in [4.69, 9.17) is 14.2 Å². The maximum atomic E-state index is 11.5. The van der Waals surface area contributed by atoms with Crippen LogP contribution in [0, 0.1) is 11.3 Å². The number of nitriles is 1. The number of nitrogens with zero attached hydrogens (tertiary/aromatic N) is 1. The molecule has 0 saturated heterocycles. The Balaban J connectivity index is 1.95. The van der Waals surface area contributed by atoms with Crippen LogP contribution in [-0.2, 0) is 27.1 Å². The molecule has 0 fully saturated rings. The maximum Gasteiger partial charge on any atom is 0.508 e. The van der Waals surface area contributed by atoms with Crippen molar-refractivity contribution in [3.05, 3.63) is 16.0 Å². The van der Waals surface area contributed by atoms with E-state index in [1.54, 1.807) is 25.5 Å². The summed E-state index contributed by atoms with van der Waals surface area (Å²) in [5, 5.41) is 13.1. The number of methoxy groups -OCH3 is 1. The van der Waals surface area contributed by atoms with Crippen molar-refractivity contribution in [1.29, 1.82) is 5.26 Å². The van der Waals surface area contributed by atoms with Crippen LogP contribution < -0.4 is 5.32 Å². The lowest BCUT2D eigenvalue weighted by atomic mass is 9.94. The van der Waals surface area contributed by atoms with E-state index in [0.29, 0.717) is 19.4 Å². The second kappa shape index (κ2) is 7.29. The van der Waals surface area contributed by atoms with Gasteiger partial charge in [-0.2, -0.15) is 5.26 Å². The Morgan fingerprint density at radius 2 is 2.33 bits per heavy atom. The average Bonchev–Trinajstić information content (AvgIpc) is 2.84. The fraction of sp³-hybridized carbons (Fsp3) is 0.571. The minimum absolute atomic E-state index is 0.189. The Kier molecular flexibility index (Phi) is 5.42. The number of nitrogens with one attached hydrogen (secondary N) is 1. The summed E-state index contributed by atoms with van der Waals surface area (Å²) in [4.78, 5) is 12.6. The maximum absolute atomic E-state index is 11.5. The van der Waals surface area contributed by atoms with Crippen LogP contribution in [0.2, 0.25) is 0 Å². The van der Waals surface area contributed by atoms with Crippen LogP contribution in [0.25, 0.3) is 0 Å².